The minimum atomic E-state index is -0.277. The van der Waals surface area contributed by atoms with Crippen LogP contribution in [0.25, 0.3) is 45.0 Å². The number of benzene rings is 3. The second kappa shape index (κ2) is 7.96. The van der Waals surface area contributed by atoms with E-state index in [0.717, 1.165) is 38.9 Å². The fourth-order valence-electron chi connectivity index (χ4n) is 5.17. The van der Waals surface area contributed by atoms with Gasteiger partial charge in [-0.05, 0) is 52.7 Å². The minimum absolute atomic E-state index is 0.119. The summed E-state index contributed by atoms with van der Waals surface area (Å²) < 4.78 is 3.97. The van der Waals surface area contributed by atoms with Gasteiger partial charge >= 0.3 is 0 Å². The van der Waals surface area contributed by atoms with E-state index in [0.29, 0.717) is 17.0 Å². The van der Waals surface area contributed by atoms with E-state index >= 15 is 0 Å². The van der Waals surface area contributed by atoms with Crippen molar-refractivity contribution in [3.8, 4) is 16.9 Å². The minimum Gasteiger partial charge on any atom is -0.327 e. The number of aromatic nitrogens is 4. The molecule has 0 fully saturated rings. The lowest BCUT2D eigenvalue weighted by atomic mass is 10.0. The molecule has 0 unspecified atom stereocenters. The Morgan fingerprint density at radius 3 is 2.11 bits per heavy atom. The summed E-state index contributed by atoms with van der Waals surface area (Å²) in [6, 6.07) is 27.3. The molecule has 6 heteroatoms. The zero-order valence-corrected chi connectivity index (χ0v) is 19.9. The fraction of sp³-hybridized carbons (Fsp3) is 0.0323. The zero-order valence-electron chi connectivity index (χ0n) is 19.9. The van der Waals surface area contributed by atoms with Gasteiger partial charge in [0.25, 0.3) is 0 Å². The van der Waals surface area contributed by atoms with Crippen LogP contribution in [-0.2, 0) is 7.05 Å². The third-order valence-electron chi connectivity index (χ3n) is 6.98. The maximum atomic E-state index is 13.4. The molecule has 0 bridgehead atoms. The standard InChI is InChI=1S/C31H20N4O2/c1-34-26(19-8-3-2-4-9-19)17-27-31(34)33-28(35(27)22-12-7-13-32-18-22)16-25-29(36)23-14-20-10-5-6-11-21(20)15-24(23)30(25)37/h2-18H,1H3. The van der Waals surface area contributed by atoms with Gasteiger partial charge in [-0.15, -0.1) is 0 Å². The predicted molar refractivity (Wildman–Crippen MR) is 144 cm³/mol. The van der Waals surface area contributed by atoms with E-state index in [4.69, 9.17) is 4.98 Å². The monoisotopic (exact) mass is 480 g/mol. The van der Waals surface area contributed by atoms with Gasteiger partial charge in [0.15, 0.2) is 17.2 Å². The zero-order chi connectivity index (χ0) is 25.1. The fourth-order valence-corrected chi connectivity index (χ4v) is 5.17. The molecule has 1 aliphatic rings. The maximum Gasteiger partial charge on any atom is 0.197 e. The van der Waals surface area contributed by atoms with Gasteiger partial charge in [0.1, 0.15) is 5.82 Å². The number of nitrogens with zero attached hydrogens (tertiary/aromatic N) is 4. The summed E-state index contributed by atoms with van der Waals surface area (Å²) in [6.07, 6.45) is 5.07. The quantitative estimate of drug-likeness (QED) is 0.229. The summed E-state index contributed by atoms with van der Waals surface area (Å²) in [5, 5.41) is 1.86. The van der Waals surface area contributed by atoms with E-state index in [-0.39, 0.29) is 17.1 Å². The Morgan fingerprint density at radius 1 is 0.784 bits per heavy atom. The molecule has 0 saturated carbocycles. The number of carbonyl (C=O) groups is 2. The molecule has 0 N–H and O–H groups in total. The number of fused-ring (bicyclic) bond motifs is 3. The molecule has 3 aromatic heterocycles. The molecule has 1 aliphatic carbocycles. The number of imidazole rings is 1. The van der Waals surface area contributed by atoms with Crippen molar-refractivity contribution < 1.29 is 9.59 Å². The molecule has 0 amide bonds. The highest BCUT2D eigenvalue weighted by atomic mass is 16.2. The lowest BCUT2D eigenvalue weighted by molar-refractivity contribution is 0.0990. The number of aryl methyl sites for hydroxylation is 1. The third-order valence-corrected chi connectivity index (χ3v) is 6.98. The Hall–Kier alpha value is -5.10. The smallest absolute Gasteiger partial charge is 0.197 e. The Labute approximate surface area is 212 Å². The number of hydrogen-bond donors (Lipinski definition) is 0. The van der Waals surface area contributed by atoms with Crippen molar-refractivity contribution in [2.45, 2.75) is 0 Å². The normalized spacial score (nSPS) is 13.1. The second-order valence-electron chi connectivity index (χ2n) is 9.14. The Morgan fingerprint density at radius 2 is 1.46 bits per heavy atom. The average Bonchev–Trinajstić information content (AvgIpc) is 3.53. The van der Waals surface area contributed by atoms with Crippen LogP contribution in [0.4, 0.5) is 0 Å². The summed E-state index contributed by atoms with van der Waals surface area (Å²) in [5.41, 5.74) is 5.48. The van der Waals surface area contributed by atoms with Crippen molar-refractivity contribution in [3.63, 3.8) is 0 Å². The van der Waals surface area contributed by atoms with Crippen LogP contribution in [0.2, 0.25) is 0 Å². The van der Waals surface area contributed by atoms with Crippen LogP contribution in [0.5, 0.6) is 0 Å². The van der Waals surface area contributed by atoms with Crippen LogP contribution in [-0.4, -0.2) is 30.7 Å². The van der Waals surface area contributed by atoms with Gasteiger partial charge in [0.2, 0.25) is 0 Å². The molecule has 6 aromatic rings. The molecule has 6 nitrogen and oxygen atoms in total. The van der Waals surface area contributed by atoms with Crippen LogP contribution < -0.4 is 0 Å². The lowest BCUT2D eigenvalue weighted by Crippen LogP contribution is -2.04. The molecule has 0 saturated heterocycles. The predicted octanol–water partition coefficient (Wildman–Crippen LogP) is 6.04. The van der Waals surface area contributed by atoms with Gasteiger partial charge < -0.3 is 4.57 Å². The van der Waals surface area contributed by atoms with Crippen molar-refractivity contribution in [1.29, 1.82) is 0 Å². The summed E-state index contributed by atoms with van der Waals surface area (Å²) in [5.74, 6) is -0.0525. The Balaban J connectivity index is 1.43. The molecule has 0 atom stereocenters. The molecule has 176 valence electrons. The molecule has 3 aromatic carbocycles. The average molecular weight is 481 g/mol. The van der Waals surface area contributed by atoms with Gasteiger partial charge in [-0.25, -0.2) is 4.98 Å². The van der Waals surface area contributed by atoms with Crippen molar-refractivity contribution >= 4 is 39.6 Å². The third kappa shape index (κ3) is 3.19. The van der Waals surface area contributed by atoms with E-state index in [9.17, 15) is 9.59 Å². The molecule has 37 heavy (non-hydrogen) atoms. The number of ketones is 2. The number of rotatable bonds is 3. The molecule has 7 rings (SSSR count). The SMILES string of the molecule is Cn1c(-c2ccccc2)cc2c1nc(C=C1C(=O)c3cc4ccccc4cc3C1=O)n2-c1cccnc1. The summed E-state index contributed by atoms with van der Waals surface area (Å²) >= 11 is 0. The van der Waals surface area contributed by atoms with Crippen molar-refractivity contribution in [3.05, 3.63) is 120 Å². The second-order valence-corrected chi connectivity index (χ2v) is 9.14. The number of Topliss-reactive ketones (excluding diaryl/α,β-unsaturated/α-hetero) is 2. The summed E-state index contributed by atoms with van der Waals surface area (Å²) in [6.45, 7) is 0. The van der Waals surface area contributed by atoms with E-state index in [1.807, 2.05) is 82.9 Å². The molecular formula is C31H20N4O2. The van der Waals surface area contributed by atoms with Gasteiger partial charge in [0, 0.05) is 24.4 Å². The molecule has 3 heterocycles. The first-order valence-electron chi connectivity index (χ1n) is 12.0. The van der Waals surface area contributed by atoms with Crippen LogP contribution in [0.3, 0.4) is 0 Å². The van der Waals surface area contributed by atoms with E-state index in [1.165, 1.54) is 0 Å². The summed E-state index contributed by atoms with van der Waals surface area (Å²) in [7, 11) is 1.97. The van der Waals surface area contributed by atoms with Crippen LogP contribution >= 0.6 is 0 Å². The highest BCUT2D eigenvalue weighted by Crippen LogP contribution is 2.34. The van der Waals surface area contributed by atoms with Crippen LogP contribution in [0, 0.1) is 0 Å². The van der Waals surface area contributed by atoms with Crippen LogP contribution in [0.15, 0.2) is 103 Å². The van der Waals surface area contributed by atoms with Crippen molar-refractivity contribution in [1.82, 2.24) is 19.1 Å². The first-order chi connectivity index (χ1) is 18.1. The lowest BCUT2D eigenvalue weighted by Gasteiger charge is -2.06. The highest BCUT2D eigenvalue weighted by Gasteiger charge is 2.34. The van der Waals surface area contributed by atoms with E-state index < -0.39 is 0 Å². The largest absolute Gasteiger partial charge is 0.327 e. The number of pyridine rings is 1. The topological polar surface area (TPSA) is 69.8 Å². The van der Waals surface area contributed by atoms with Gasteiger partial charge in [-0.3, -0.25) is 19.1 Å². The van der Waals surface area contributed by atoms with Crippen LogP contribution in [0.1, 0.15) is 26.5 Å². The Kier molecular flexibility index (Phi) is 4.56. The molecular weight excluding hydrogens is 460 g/mol. The van der Waals surface area contributed by atoms with E-state index in [2.05, 4.69) is 23.2 Å². The van der Waals surface area contributed by atoms with Gasteiger partial charge in [-0.2, -0.15) is 0 Å². The van der Waals surface area contributed by atoms with Gasteiger partial charge in [0.05, 0.1) is 28.7 Å². The van der Waals surface area contributed by atoms with Crippen molar-refractivity contribution in [2.75, 3.05) is 0 Å². The molecule has 0 radical (unpaired) electrons. The maximum absolute atomic E-state index is 13.4. The first kappa shape index (κ1) is 21.2. The number of allylic oxidation sites excluding steroid dienone is 1. The van der Waals surface area contributed by atoms with Crippen molar-refractivity contribution in [2.24, 2.45) is 7.05 Å². The first-order valence-corrected chi connectivity index (χ1v) is 12.0. The summed E-state index contributed by atoms with van der Waals surface area (Å²) in [4.78, 5) is 36.0. The van der Waals surface area contributed by atoms with Gasteiger partial charge in [-0.1, -0.05) is 54.6 Å². The molecule has 0 aliphatic heterocycles. The molecule has 0 spiro atoms. The van der Waals surface area contributed by atoms with E-state index in [1.54, 1.807) is 18.5 Å². The number of hydrogen-bond acceptors (Lipinski definition) is 4. The highest BCUT2D eigenvalue weighted by molar-refractivity contribution is 6.42. The number of carbonyl (C=O) groups excluding carboxylic acids is 2. The Bertz CT molecular complexity index is 1860.